The number of carboxylic acid groups (broad SMARTS) is 1. The summed E-state index contributed by atoms with van der Waals surface area (Å²) in [5.41, 5.74) is 5.72. The summed E-state index contributed by atoms with van der Waals surface area (Å²) >= 11 is 3.64. The molecule has 4 rings (SSSR count). The SMILES string of the molecule is Cn1nnnc1SCC1=C(C(=O)O)N2C(=O)C(NC(=O)C(=NOCCN)c3csc(NC=O)n3)[C@@H]2SC1. The Labute approximate surface area is 221 Å². The number of thiazole rings is 1. The van der Waals surface area contributed by atoms with E-state index in [1.54, 1.807) is 7.05 Å². The summed E-state index contributed by atoms with van der Waals surface area (Å²) in [5, 5.41) is 31.4. The number of thioether (sulfide) groups is 2. The first kappa shape index (κ1) is 26.5. The lowest BCUT2D eigenvalue weighted by atomic mass is 10.0. The van der Waals surface area contributed by atoms with Gasteiger partial charge in [-0.05, 0) is 16.0 Å². The number of aromatic nitrogens is 5. The minimum absolute atomic E-state index is 0.0347. The van der Waals surface area contributed by atoms with Gasteiger partial charge in [0.05, 0.1) is 0 Å². The lowest BCUT2D eigenvalue weighted by Crippen LogP contribution is -2.71. The van der Waals surface area contributed by atoms with Crippen LogP contribution in [0.2, 0.25) is 0 Å². The van der Waals surface area contributed by atoms with Crippen molar-refractivity contribution >= 4 is 69.9 Å². The first-order valence-electron chi connectivity index (χ1n) is 10.5. The zero-order valence-corrected chi connectivity index (χ0v) is 21.5. The van der Waals surface area contributed by atoms with Crippen LogP contribution in [0.25, 0.3) is 0 Å². The van der Waals surface area contributed by atoms with Crippen LogP contribution in [0.5, 0.6) is 0 Å². The Morgan fingerprint density at radius 2 is 2.27 bits per heavy atom. The number of tetrazole rings is 1. The van der Waals surface area contributed by atoms with Crippen LogP contribution in [0, 0.1) is 0 Å². The predicted octanol–water partition coefficient (Wildman–Crippen LogP) is -1.55. The number of aliphatic carboxylic acids is 1. The van der Waals surface area contributed by atoms with Crippen molar-refractivity contribution in [3.05, 3.63) is 22.3 Å². The molecule has 2 aliphatic rings. The first-order valence-corrected chi connectivity index (χ1v) is 13.4. The molecule has 2 aromatic heterocycles. The molecule has 5 N–H and O–H groups in total. The number of carbonyl (C=O) groups excluding carboxylic acids is 3. The van der Waals surface area contributed by atoms with Crippen LogP contribution in [0.1, 0.15) is 5.69 Å². The number of nitrogens with zero attached hydrogens (tertiary/aromatic N) is 7. The number of nitrogens with one attached hydrogen (secondary N) is 2. The minimum Gasteiger partial charge on any atom is -0.477 e. The lowest BCUT2D eigenvalue weighted by Gasteiger charge is -2.49. The summed E-state index contributed by atoms with van der Waals surface area (Å²) in [6.07, 6.45) is 0.441. The Morgan fingerprint density at radius 1 is 1.46 bits per heavy atom. The number of carboxylic acids is 1. The number of nitrogens with two attached hydrogens (primary N) is 1. The summed E-state index contributed by atoms with van der Waals surface area (Å²) in [4.78, 5) is 59.1. The van der Waals surface area contributed by atoms with Gasteiger partial charge in [0, 0.05) is 30.5 Å². The maximum atomic E-state index is 13.1. The molecule has 0 aliphatic carbocycles. The highest BCUT2D eigenvalue weighted by atomic mass is 32.2. The lowest BCUT2D eigenvalue weighted by molar-refractivity contribution is -0.150. The topological polar surface area (TPSA) is 220 Å². The molecule has 2 atom stereocenters. The third-order valence-corrected chi connectivity index (χ3v) is 8.21. The average Bonchev–Trinajstić information content (AvgIpc) is 3.51. The number of carbonyl (C=O) groups is 4. The van der Waals surface area contributed by atoms with Gasteiger partial charge >= 0.3 is 5.97 Å². The van der Waals surface area contributed by atoms with Crippen molar-refractivity contribution in [3.63, 3.8) is 0 Å². The monoisotopic (exact) mass is 568 g/mol. The molecule has 0 saturated carbocycles. The van der Waals surface area contributed by atoms with Crippen LogP contribution in [0.4, 0.5) is 5.13 Å². The van der Waals surface area contributed by atoms with E-state index in [4.69, 9.17) is 10.6 Å². The van der Waals surface area contributed by atoms with Crippen LogP contribution < -0.4 is 16.4 Å². The standard InChI is InChI=1S/C18H20N10O6S3/c1-27-18(23-25-26-27)37-5-8-4-35-15-11(14(31)28(15)12(8)16(32)33)22-13(30)10(24-34-3-2-19)9-6-36-17(21-9)20-7-29/h6-7,11,15H,2-5,19H2,1H3,(H,22,30)(H,32,33)(H,20,21,29)/t11?,15-/m0/s1. The molecule has 0 aromatic carbocycles. The van der Waals surface area contributed by atoms with Crippen LogP contribution in [-0.2, 0) is 31.1 Å². The van der Waals surface area contributed by atoms with Crippen molar-refractivity contribution in [3.8, 4) is 0 Å². The van der Waals surface area contributed by atoms with E-state index in [-0.39, 0.29) is 41.1 Å². The summed E-state index contributed by atoms with van der Waals surface area (Å²) in [6.45, 7) is 0.188. The van der Waals surface area contributed by atoms with Gasteiger partial charge in [0.25, 0.3) is 11.8 Å². The van der Waals surface area contributed by atoms with Crippen LogP contribution in [0.3, 0.4) is 0 Å². The Balaban J connectivity index is 1.49. The van der Waals surface area contributed by atoms with Crippen LogP contribution in [-0.4, -0.2) is 101 Å². The van der Waals surface area contributed by atoms with Crippen molar-refractivity contribution in [2.75, 3.05) is 30.0 Å². The molecule has 2 aliphatic heterocycles. The predicted molar refractivity (Wildman–Crippen MR) is 133 cm³/mol. The third-order valence-electron chi connectivity index (χ3n) is 5.00. The Hall–Kier alpha value is -3.55. The van der Waals surface area contributed by atoms with Gasteiger partial charge in [0.15, 0.2) is 10.8 Å². The molecule has 19 heteroatoms. The third kappa shape index (κ3) is 5.58. The van der Waals surface area contributed by atoms with E-state index in [0.717, 1.165) is 11.3 Å². The maximum Gasteiger partial charge on any atom is 0.352 e. The van der Waals surface area contributed by atoms with E-state index < -0.39 is 29.2 Å². The molecule has 1 saturated heterocycles. The average molecular weight is 569 g/mol. The molecular formula is C18H20N10O6S3. The zero-order valence-electron chi connectivity index (χ0n) is 19.1. The largest absolute Gasteiger partial charge is 0.477 e. The molecule has 4 heterocycles. The van der Waals surface area contributed by atoms with E-state index in [9.17, 15) is 24.3 Å². The highest BCUT2D eigenvalue weighted by Crippen LogP contribution is 2.41. The fourth-order valence-electron chi connectivity index (χ4n) is 3.37. The van der Waals surface area contributed by atoms with Gasteiger partial charge < -0.3 is 26.3 Å². The second kappa shape index (κ2) is 11.7. The van der Waals surface area contributed by atoms with Gasteiger partial charge in [-0.1, -0.05) is 16.9 Å². The van der Waals surface area contributed by atoms with Crippen molar-refractivity contribution in [1.82, 2.24) is 35.4 Å². The number of fused-ring (bicyclic) bond motifs is 1. The van der Waals surface area contributed by atoms with E-state index in [1.165, 1.54) is 38.5 Å². The Kier molecular flexibility index (Phi) is 8.36. The zero-order chi connectivity index (χ0) is 26.5. The quantitative estimate of drug-likeness (QED) is 0.0569. The summed E-state index contributed by atoms with van der Waals surface area (Å²) in [6, 6.07) is -0.991. The molecule has 1 unspecified atom stereocenters. The summed E-state index contributed by atoms with van der Waals surface area (Å²) < 4.78 is 1.46. The van der Waals surface area contributed by atoms with Crippen molar-refractivity contribution in [2.45, 2.75) is 16.6 Å². The van der Waals surface area contributed by atoms with E-state index in [1.807, 2.05) is 0 Å². The fourth-order valence-corrected chi connectivity index (χ4v) is 6.36. The van der Waals surface area contributed by atoms with Crippen LogP contribution in [0.15, 0.2) is 27.0 Å². The van der Waals surface area contributed by atoms with Crippen molar-refractivity contribution < 1.29 is 29.1 Å². The number of hydrogen-bond donors (Lipinski definition) is 4. The molecule has 0 radical (unpaired) electrons. The first-order chi connectivity index (χ1) is 17.8. The number of β-lactam (4-membered cyclic amide) rings is 1. The number of rotatable bonds is 12. The molecule has 196 valence electrons. The fraction of sp³-hybridized carbons (Fsp3) is 0.389. The molecule has 16 nitrogen and oxygen atoms in total. The number of amides is 3. The Morgan fingerprint density at radius 3 is 2.95 bits per heavy atom. The maximum absolute atomic E-state index is 13.1. The van der Waals surface area contributed by atoms with Gasteiger partial charge in [-0.3, -0.25) is 19.3 Å². The van der Waals surface area contributed by atoms with E-state index in [0.29, 0.717) is 22.9 Å². The number of aryl methyl sites for hydroxylation is 1. The number of hydrogen-bond acceptors (Lipinski definition) is 14. The highest BCUT2D eigenvalue weighted by molar-refractivity contribution is 8.01. The normalized spacial score (nSPS) is 19.2. The second-order valence-electron chi connectivity index (χ2n) is 7.35. The molecule has 0 bridgehead atoms. The van der Waals surface area contributed by atoms with Gasteiger partial charge in [0.1, 0.15) is 29.4 Å². The van der Waals surface area contributed by atoms with E-state index in [2.05, 4.69) is 36.3 Å². The highest BCUT2D eigenvalue weighted by Gasteiger charge is 2.54. The van der Waals surface area contributed by atoms with E-state index >= 15 is 0 Å². The minimum atomic E-state index is -1.25. The van der Waals surface area contributed by atoms with Gasteiger partial charge in [-0.25, -0.2) is 14.5 Å². The van der Waals surface area contributed by atoms with Gasteiger partial charge in [-0.15, -0.1) is 28.2 Å². The smallest absolute Gasteiger partial charge is 0.352 e. The molecule has 37 heavy (non-hydrogen) atoms. The second-order valence-corrected chi connectivity index (χ2v) is 10.3. The van der Waals surface area contributed by atoms with Gasteiger partial charge in [0.2, 0.25) is 11.6 Å². The molecular weight excluding hydrogens is 548 g/mol. The van der Waals surface area contributed by atoms with Gasteiger partial charge in [-0.2, -0.15) is 0 Å². The van der Waals surface area contributed by atoms with Crippen molar-refractivity contribution in [1.29, 1.82) is 0 Å². The molecule has 0 spiro atoms. The Bertz CT molecular complexity index is 1280. The number of anilines is 1. The van der Waals surface area contributed by atoms with Crippen LogP contribution >= 0.6 is 34.9 Å². The van der Waals surface area contributed by atoms with Crippen molar-refractivity contribution in [2.24, 2.45) is 17.9 Å². The summed E-state index contributed by atoms with van der Waals surface area (Å²) in [7, 11) is 1.66. The molecule has 3 amide bonds. The number of oxime groups is 1. The molecule has 1 fully saturated rings. The molecule has 2 aromatic rings. The summed E-state index contributed by atoms with van der Waals surface area (Å²) in [5.74, 6) is -1.98.